The zero-order valence-corrected chi connectivity index (χ0v) is 18.3. The van der Waals surface area contributed by atoms with Gasteiger partial charge in [-0.2, -0.15) is 17.6 Å². The lowest BCUT2D eigenvalue weighted by atomic mass is 9.97. The Morgan fingerprint density at radius 3 is 2.03 bits per heavy atom. The Kier molecular flexibility index (Phi) is 7.98. The van der Waals surface area contributed by atoms with Crippen LogP contribution in [0.1, 0.15) is 41.3 Å². The molecule has 8 nitrogen and oxygen atoms in total. The van der Waals surface area contributed by atoms with Gasteiger partial charge < -0.3 is 16.4 Å². The third kappa shape index (κ3) is 5.96. The minimum absolute atomic E-state index is 0.0225. The standard InChI is InChI=1S/C21H27F4N5O3/c1-11(2)14-6-12(3)7-17(30-33)18(14)28-10-21(24,25)20(22,23)9-27-15-5-4-13(19(26)31)8-16(15)29-32/h4-8,11,27-30,32-33H,9-10H2,1-3H3,(H2,26,31). The highest BCUT2D eigenvalue weighted by atomic mass is 19.3. The van der Waals surface area contributed by atoms with E-state index in [0.717, 1.165) is 17.7 Å². The number of hydrogen-bond donors (Lipinski definition) is 7. The topological polar surface area (TPSA) is 132 Å². The second-order valence-electron chi connectivity index (χ2n) is 7.90. The first-order valence-corrected chi connectivity index (χ1v) is 9.95. The van der Waals surface area contributed by atoms with E-state index < -0.39 is 30.8 Å². The third-order valence-electron chi connectivity index (χ3n) is 5.00. The van der Waals surface area contributed by atoms with E-state index in [4.69, 9.17) is 10.9 Å². The van der Waals surface area contributed by atoms with Crippen LogP contribution < -0.4 is 27.3 Å². The molecule has 2 rings (SSSR count). The molecule has 0 aliphatic rings. The first-order valence-electron chi connectivity index (χ1n) is 9.95. The van der Waals surface area contributed by atoms with Gasteiger partial charge in [0.15, 0.2) is 0 Å². The minimum Gasteiger partial charge on any atom is -0.377 e. The fourth-order valence-corrected chi connectivity index (χ4v) is 3.16. The van der Waals surface area contributed by atoms with Gasteiger partial charge in [0.05, 0.1) is 35.8 Å². The fourth-order valence-electron chi connectivity index (χ4n) is 3.16. The van der Waals surface area contributed by atoms with Crippen molar-refractivity contribution in [1.29, 1.82) is 0 Å². The van der Waals surface area contributed by atoms with Crippen molar-refractivity contribution in [2.75, 3.05) is 34.7 Å². The number of primary amides is 1. The molecule has 0 aliphatic carbocycles. The van der Waals surface area contributed by atoms with Crippen molar-refractivity contribution in [3.63, 3.8) is 0 Å². The average Bonchev–Trinajstić information content (AvgIpc) is 2.75. The van der Waals surface area contributed by atoms with Crippen LogP contribution >= 0.6 is 0 Å². The van der Waals surface area contributed by atoms with Crippen molar-refractivity contribution in [1.82, 2.24) is 0 Å². The summed E-state index contributed by atoms with van der Waals surface area (Å²) in [6, 6.07) is 6.62. The maximum absolute atomic E-state index is 14.5. The van der Waals surface area contributed by atoms with E-state index >= 15 is 0 Å². The lowest BCUT2D eigenvalue weighted by molar-refractivity contribution is -0.191. The summed E-state index contributed by atoms with van der Waals surface area (Å²) in [6.07, 6.45) is 0. The quantitative estimate of drug-likeness (QED) is 0.187. The van der Waals surface area contributed by atoms with Crippen LogP contribution in [-0.4, -0.2) is 41.3 Å². The highest BCUT2D eigenvalue weighted by Gasteiger charge is 2.55. The molecule has 2 aromatic carbocycles. The van der Waals surface area contributed by atoms with E-state index in [2.05, 4.69) is 10.6 Å². The largest absolute Gasteiger partial charge is 0.377 e. The van der Waals surface area contributed by atoms with Crippen LogP contribution in [0.2, 0.25) is 0 Å². The van der Waals surface area contributed by atoms with Gasteiger partial charge in [-0.25, -0.2) is 0 Å². The molecule has 0 radical (unpaired) electrons. The van der Waals surface area contributed by atoms with Crippen LogP contribution in [0.25, 0.3) is 0 Å². The second-order valence-corrected chi connectivity index (χ2v) is 7.90. The number of amides is 1. The predicted molar refractivity (Wildman–Crippen MR) is 118 cm³/mol. The number of carbonyl (C=O) groups excluding carboxylic acids is 1. The Morgan fingerprint density at radius 2 is 1.52 bits per heavy atom. The van der Waals surface area contributed by atoms with Crippen LogP contribution in [-0.2, 0) is 0 Å². The lowest BCUT2D eigenvalue weighted by Crippen LogP contribution is -2.50. The van der Waals surface area contributed by atoms with Crippen LogP contribution in [0, 0.1) is 6.92 Å². The van der Waals surface area contributed by atoms with Crippen molar-refractivity contribution in [3.8, 4) is 0 Å². The van der Waals surface area contributed by atoms with Gasteiger partial charge in [-0.15, -0.1) is 0 Å². The van der Waals surface area contributed by atoms with Gasteiger partial charge in [0.25, 0.3) is 0 Å². The molecule has 33 heavy (non-hydrogen) atoms. The van der Waals surface area contributed by atoms with Gasteiger partial charge in [0, 0.05) is 5.56 Å². The first-order chi connectivity index (χ1) is 15.3. The van der Waals surface area contributed by atoms with E-state index in [1.54, 1.807) is 32.3 Å². The number of alkyl halides is 4. The van der Waals surface area contributed by atoms with Gasteiger partial charge >= 0.3 is 11.8 Å². The van der Waals surface area contributed by atoms with E-state index in [-0.39, 0.29) is 34.2 Å². The Balaban J connectivity index is 2.19. The molecule has 0 heterocycles. The number of nitrogens with two attached hydrogens (primary N) is 1. The maximum atomic E-state index is 14.5. The van der Waals surface area contributed by atoms with Crippen LogP contribution in [0.15, 0.2) is 30.3 Å². The summed E-state index contributed by atoms with van der Waals surface area (Å²) in [5.41, 5.74) is 9.86. The van der Waals surface area contributed by atoms with Crippen molar-refractivity contribution in [2.24, 2.45) is 5.73 Å². The summed E-state index contributed by atoms with van der Waals surface area (Å²) >= 11 is 0. The number of carbonyl (C=O) groups is 1. The lowest BCUT2D eigenvalue weighted by Gasteiger charge is -2.29. The predicted octanol–water partition coefficient (Wildman–Crippen LogP) is 4.61. The maximum Gasteiger partial charge on any atom is 0.328 e. The molecule has 182 valence electrons. The molecule has 0 atom stereocenters. The Morgan fingerprint density at radius 1 is 0.939 bits per heavy atom. The molecular weight excluding hydrogens is 446 g/mol. The molecule has 0 saturated carbocycles. The Bertz CT molecular complexity index is 1000. The summed E-state index contributed by atoms with van der Waals surface area (Å²) in [5, 5.41) is 23.0. The molecule has 0 aliphatic heterocycles. The minimum atomic E-state index is -4.51. The monoisotopic (exact) mass is 473 g/mol. The summed E-state index contributed by atoms with van der Waals surface area (Å²) in [7, 11) is 0. The summed E-state index contributed by atoms with van der Waals surface area (Å²) in [6.45, 7) is 2.46. The molecule has 0 fully saturated rings. The summed E-state index contributed by atoms with van der Waals surface area (Å²) < 4.78 is 58.0. The Labute approximate surface area is 188 Å². The number of hydrogen-bond acceptors (Lipinski definition) is 7. The highest BCUT2D eigenvalue weighted by molar-refractivity contribution is 5.95. The molecule has 0 unspecified atom stereocenters. The number of halogens is 4. The Hall–Kier alpha value is -3.25. The SMILES string of the molecule is Cc1cc(NO)c(NCC(F)(F)C(F)(F)CNc2ccc(C(N)=O)cc2NO)c(C(C)C)c1. The molecule has 1 amide bonds. The van der Waals surface area contributed by atoms with Crippen LogP contribution in [0.4, 0.5) is 40.3 Å². The van der Waals surface area contributed by atoms with Crippen LogP contribution in [0.3, 0.4) is 0 Å². The van der Waals surface area contributed by atoms with Gasteiger partial charge in [-0.05, 0) is 48.2 Å². The summed E-state index contributed by atoms with van der Waals surface area (Å²) in [5.74, 6) is -9.96. The van der Waals surface area contributed by atoms with E-state index in [0.29, 0.717) is 5.56 Å². The van der Waals surface area contributed by atoms with Gasteiger partial charge in [-0.3, -0.25) is 26.2 Å². The molecule has 12 heteroatoms. The zero-order valence-electron chi connectivity index (χ0n) is 18.3. The normalized spacial score (nSPS) is 11.9. The van der Waals surface area contributed by atoms with Crippen molar-refractivity contribution >= 4 is 28.7 Å². The number of nitrogens with one attached hydrogen (secondary N) is 4. The number of rotatable bonds is 11. The second kappa shape index (κ2) is 10.1. The number of aryl methyl sites for hydroxylation is 1. The summed E-state index contributed by atoms with van der Waals surface area (Å²) in [4.78, 5) is 11.2. The molecule has 0 bridgehead atoms. The van der Waals surface area contributed by atoms with Gasteiger partial charge in [-0.1, -0.05) is 19.9 Å². The first kappa shape index (κ1) is 26.0. The van der Waals surface area contributed by atoms with E-state index in [9.17, 15) is 27.6 Å². The third-order valence-corrected chi connectivity index (χ3v) is 5.00. The highest BCUT2D eigenvalue weighted by Crippen LogP contribution is 2.38. The molecule has 0 saturated heterocycles. The van der Waals surface area contributed by atoms with Crippen molar-refractivity contribution < 1.29 is 32.8 Å². The molecule has 0 spiro atoms. The van der Waals surface area contributed by atoms with E-state index in [1.807, 2.05) is 5.48 Å². The molecular formula is C21H27F4N5O3. The smallest absolute Gasteiger partial charge is 0.328 e. The van der Waals surface area contributed by atoms with E-state index in [1.165, 1.54) is 12.1 Å². The van der Waals surface area contributed by atoms with Crippen LogP contribution in [0.5, 0.6) is 0 Å². The molecule has 2 aromatic rings. The average molecular weight is 473 g/mol. The van der Waals surface area contributed by atoms with Gasteiger partial charge in [0.2, 0.25) is 5.91 Å². The number of anilines is 4. The van der Waals surface area contributed by atoms with Gasteiger partial charge in [0.1, 0.15) is 0 Å². The van der Waals surface area contributed by atoms with Crippen molar-refractivity contribution in [3.05, 3.63) is 47.0 Å². The fraction of sp³-hybridized carbons (Fsp3) is 0.381. The molecule has 8 N–H and O–H groups in total. The van der Waals surface area contributed by atoms with Crippen molar-refractivity contribution in [2.45, 2.75) is 38.5 Å². The zero-order chi connectivity index (χ0) is 25.0. The number of benzene rings is 2. The molecule has 0 aromatic heterocycles.